The van der Waals surface area contributed by atoms with E-state index in [1.54, 1.807) is 6.92 Å². The molecule has 0 radical (unpaired) electrons. The topological polar surface area (TPSA) is 50.1 Å². The van der Waals surface area contributed by atoms with Crippen molar-refractivity contribution in [2.75, 3.05) is 0 Å². The van der Waals surface area contributed by atoms with Crippen LogP contribution in [0.15, 0.2) is 0 Å². The second-order valence-electron chi connectivity index (χ2n) is 3.09. The van der Waals surface area contributed by atoms with Crippen molar-refractivity contribution in [2.45, 2.75) is 32.3 Å². The van der Waals surface area contributed by atoms with Gasteiger partial charge in [0, 0.05) is 12.8 Å². The summed E-state index contributed by atoms with van der Waals surface area (Å²) in [5, 5.41) is 8.72. The van der Waals surface area contributed by atoms with E-state index in [0.29, 0.717) is 0 Å². The number of carbonyl (C=O) groups excluding carboxylic acids is 1. The molecule has 0 heterocycles. The molecule has 0 aliphatic heterocycles. The summed E-state index contributed by atoms with van der Waals surface area (Å²) in [7, 11) is 0. The molecule has 0 saturated heterocycles. The molecule has 1 atom stereocenters. The molecule has 0 unspecified atom stereocenters. The van der Waals surface area contributed by atoms with Gasteiger partial charge in [0.25, 0.3) is 0 Å². The zero-order chi connectivity index (χ0) is 8.48. The number of hydrogen-bond acceptors (Lipinski definition) is 3. The lowest BCUT2D eigenvalue weighted by Gasteiger charge is -2.20. The molecule has 11 heavy (non-hydrogen) atoms. The highest BCUT2D eigenvalue weighted by atomic mass is 16.6. The summed E-state index contributed by atoms with van der Waals surface area (Å²) in [5.74, 6) is -0.114. The number of hydrogen-bond donors (Lipinski definition) is 0. The lowest BCUT2D eigenvalue weighted by atomic mass is 10.0. The van der Waals surface area contributed by atoms with Gasteiger partial charge in [0.15, 0.2) is 5.60 Å². The second kappa shape index (κ2) is 2.54. The van der Waals surface area contributed by atoms with E-state index in [4.69, 9.17) is 10.00 Å². The first-order chi connectivity index (χ1) is 5.08. The summed E-state index contributed by atoms with van der Waals surface area (Å²) in [6, 6.07) is 2.03. The Kier molecular flexibility index (Phi) is 1.86. The Labute approximate surface area is 66.0 Å². The van der Waals surface area contributed by atoms with E-state index in [0.717, 1.165) is 12.8 Å². The molecular weight excluding hydrogens is 142 g/mol. The zero-order valence-corrected chi connectivity index (χ0v) is 6.76. The van der Waals surface area contributed by atoms with Crippen molar-refractivity contribution in [1.29, 1.82) is 5.26 Å². The van der Waals surface area contributed by atoms with Crippen LogP contribution in [0.1, 0.15) is 26.7 Å². The van der Waals surface area contributed by atoms with Gasteiger partial charge in [0.05, 0.1) is 0 Å². The third-order valence-corrected chi connectivity index (χ3v) is 1.93. The average molecular weight is 153 g/mol. The van der Waals surface area contributed by atoms with Crippen LogP contribution >= 0.6 is 0 Å². The number of nitriles is 1. The van der Waals surface area contributed by atoms with E-state index in [2.05, 4.69) is 0 Å². The number of ether oxygens (including phenoxy) is 1. The first-order valence-electron chi connectivity index (χ1n) is 3.69. The molecular formula is C8H11NO2. The van der Waals surface area contributed by atoms with E-state index >= 15 is 0 Å². The van der Waals surface area contributed by atoms with Gasteiger partial charge in [-0.1, -0.05) is 0 Å². The average Bonchev–Trinajstić information content (AvgIpc) is 2.66. The van der Waals surface area contributed by atoms with E-state index in [-0.39, 0.29) is 11.9 Å². The summed E-state index contributed by atoms with van der Waals surface area (Å²) in [4.78, 5) is 10.6. The van der Waals surface area contributed by atoms with Crippen LogP contribution in [-0.2, 0) is 9.53 Å². The summed E-state index contributed by atoms with van der Waals surface area (Å²) < 4.78 is 4.91. The van der Waals surface area contributed by atoms with Gasteiger partial charge in [-0.3, -0.25) is 4.79 Å². The van der Waals surface area contributed by atoms with Gasteiger partial charge in [-0.2, -0.15) is 5.26 Å². The van der Waals surface area contributed by atoms with E-state index in [1.165, 1.54) is 6.92 Å². The summed E-state index contributed by atoms with van der Waals surface area (Å²) >= 11 is 0. The number of esters is 1. The minimum Gasteiger partial charge on any atom is -0.444 e. The smallest absolute Gasteiger partial charge is 0.304 e. The Balaban J connectivity index is 2.60. The maximum atomic E-state index is 10.6. The fourth-order valence-electron chi connectivity index (χ4n) is 1.13. The number of nitrogens with zero attached hydrogens (tertiary/aromatic N) is 1. The highest BCUT2D eigenvalue weighted by molar-refractivity contribution is 5.67. The van der Waals surface area contributed by atoms with Gasteiger partial charge in [0.1, 0.15) is 6.07 Å². The summed E-state index contributed by atoms with van der Waals surface area (Å²) in [5.41, 5.74) is -0.869. The third-order valence-electron chi connectivity index (χ3n) is 1.93. The zero-order valence-electron chi connectivity index (χ0n) is 6.76. The molecule has 1 saturated carbocycles. The maximum Gasteiger partial charge on any atom is 0.304 e. The quantitative estimate of drug-likeness (QED) is 0.561. The van der Waals surface area contributed by atoms with Crippen LogP contribution in [0.5, 0.6) is 0 Å². The molecule has 3 heteroatoms. The molecule has 0 bridgehead atoms. The van der Waals surface area contributed by atoms with E-state index in [9.17, 15) is 4.79 Å². The Morgan fingerprint density at radius 3 is 2.55 bits per heavy atom. The van der Waals surface area contributed by atoms with Gasteiger partial charge < -0.3 is 4.74 Å². The van der Waals surface area contributed by atoms with Gasteiger partial charge in [-0.25, -0.2) is 0 Å². The molecule has 1 rings (SSSR count). The minimum absolute atomic E-state index is 0.261. The van der Waals surface area contributed by atoms with Crippen molar-refractivity contribution < 1.29 is 9.53 Å². The van der Waals surface area contributed by atoms with Crippen LogP contribution in [0.2, 0.25) is 0 Å². The van der Waals surface area contributed by atoms with Crippen molar-refractivity contribution in [3.63, 3.8) is 0 Å². The largest absolute Gasteiger partial charge is 0.444 e. The Morgan fingerprint density at radius 2 is 2.27 bits per heavy atom. The molecule has 0 spiro atoms. The minimum atomic E-state index is -0.869. The van der Waals surface area contributed by atoms with Crippen LogP contribution in [-0.4, -0.2) is 11.6 Å². The van der Waals surface area contributed by atoms with Gasteiger partial charge >= 0.3 is 5.97 Å². The fraction of sp³-hybridized carbons (Fsp3) is 0.750. The van der Waals surface area contributed by atoms with E-state index < -0.39 is 5.60 Å². The monoisotopic (exact) mass is 153 g/mol. The normalized spacial score (nSPS) is 21.5. The second-order valence-corrected chi connectivity index (χ2v) is 3.09. The predicted molar refractivity (Wildman–Crippen MR) is 38.5 cm³/mol. The van der Waals surface area contributed by atoms with Gasteiger partial charge in [0.2, 0.25) is 0 Å². The first-order valence-corrected chi connectivity index (χ1v) is 3.69. The maximum absolute atomic E-state index is 10.6. The number of carbonyl (C=O) groups is 1. The summed E-state index contributed by atoms with van der Waals surface area (Å²) in [6.07, 6.45) is 1.99. The molecule has 0 aromatic rings. The van der Waals surface area contributed by atoms with Crippen molar-refractivity contribution in [2.24, 2.45) is 5.92 Å². The molecule has 3 nitrogen and oxygen atoms in total. The van der Waals surface area contributed by atoms with E-state index in [1.807, 2.05) is 6.07 Å². The lowest BCUT2D eigenvalue weighted by molar-refractivity contribution is -0.151. The van der Waals surface area contributed by atoms with Crippen LogP contribution in [0.25, 0.3) is 0 Å². The molecule has 1 aliphatic carbocycles. The van der Waals surface area contributed by atoms with Crippen LogP contribution in [0.3, 0.4) is 0 Å². The van der Waals surface area contributed by atoms with Crippen LogP contribution < -0.4 is 0 Å². The standard InChI is InChI=1S/C8H11NO2/c1-6(10)11-8(2,5-9)7-3-4-7/h7H,3-4H2,1-2H3/t8-/m1/s1. The lowest BCUT2D eigenvalue weighted by Crippen LogP contribution is -2.31. The molecule has 60 valence electrons. The summed E-state index contributed by atoms with van der Waals surface area (Å²) in [6.45, 7) is 3.00. The van der Waals surface area contributed by atoms with Crippen molar-refractivity contribution in [1.82, 2.24) is 0 Å². The first kappa shape index (κ1) is 8.06. The van der Waals surface area contributed by atoms with Gasteiger partial charge in [-0.05, 0) is 19.8 Å². The SMILES string of the molecule is CC(=O)O[C@](C)(C#N)C1CC1. The van der Waals surface area contributed by atoms with Crippen molar-refractivity contribution in [3.05, 3.63) is 0 Å². The fourth-order valence-corrected chi connectivity index (χ4v) is 1.13. The Bertz CT molecular complexity index is 215. The third kappa shape index (κ3) is 1.70. The van der Waals surface area contributed by atoms with Crippen molar-refractivity contribution in [3.8, 4) is 6.07 Å². The molecule has 1 aliphatic rings. The number of rotatable bonds is 2. The highest BCUT2D eigenvalue weighted by Gasteiger charge is 2.44. The molecule has 0 aromatic heterocycles. The van der Waals surface area contributed by atoms with Crippen LogP contribution in [0.4, 0.5) is 0 Å². The van der Waals surface area contributed by atoms with Crippen LogP contribution in [0, 0.1) is 17.2 Å². The predicted octanol–water partition coefficient (Wildman–Crippen LogP) is 1.24. The van der Waals surface area contributed by atoms with Gasteiger partial charge in [-0.15, -0.1) is 0 Å². The Hall–Kier alpha value is -1.04. The molecule has 0 amide bonds. The highest BCUT2D eigenvalue weighted by Crippen LogP contribution is 2.41. The molecule has 1 fully saturated rings. The van der Waals surface area contributed by atoms with Crippen molar-refractivity contribution >= 4 is 5.97 Å². The Morgan fingerprint density at radius 1 is 1.73 bits per heavy atom. The molecule has 0 aromatic carbocycles. The molecule has 0 N–H and O–H groups in total.